The van der Waals surface area contributed by atoms with Gasteiger partial charge in [0.25, 0.3) is 0 Å². The number of nitrogens with zero attached hydrogens (tertiary/aromatic N) is 2. The van der Waals surface area contributed by atoms with Crippen molar-refractivity contribution in [1.82, 2.24) is 4.90 Å². The summed E-state index contributed by atoms with van der Waals surface area (Å²) >= 11 is 1.76. The highest BCUT2D eigenvalue weighted by Gasteiger charge is 2.05. The van der Waals surface area contributed by atoms with Crippen molar-refractivity contribution in [3.8, 4) is 6.07 Å². The molecule has 0 atom stereocenters. The van der Waals surface area contributed by atoms with E-state index in [9.17, 15) is 4.79 Å². The van der Waals surface area contributed by atoms with Crippen LogP contribution < -0.4 is 5.32 Å². The number of nitrogens with one attached hydrogen (secondary N) is 1. The molecule has 0 radical (unpaired) electrons. The van der Waals surface area contributed by atoms with Gasteiger partial charge in [-0.1, -0.05) is 12.1 Å². The van der Waals surface area contributed by atoms with Gasteiger partial charge in [0.1, 0.15) is 6.07 Å². The van der Waals surface area contributed by atoms with Crippen LogP contribution >= 0.6 is 11.8 Å². The number of amides is 1. The summed E-state index contributed by atoms with van der Waals surface area (Å²) in [6.07, 6.45) is 0.470. The maximum atomic E-state index is 11.7. The molecule has 1 aromatic carbocycles. The van der Waals surface area contributed by atoms with Crippen LogP contribution in [0.25, 0.3) is 0 Å². The first kappa shape index (κ1) is 15.5. The molecule has 4 nitrogen and oxygen atoms in total. The Bertz CT molecular complexity index is 454. The molecule has 0 unspecified atom stereocenters. The van der Waals surface area contributed by atoms with Crippen molar-refractivity contribution in [2.24, 2.45) is 0 Å². The van der Waals surface area contributed by atoms with E-state index in [0.29, 0.717) is 17.7 Å². The third-order valence-electron chi connectivity index (χ3n) is 2.48. The lowest BCUT2D eigenvalue weighted by atomic mass is 10.2. The first-order valence-electron chi connectivity index (χ1n) is 6.15. The van der Waals surface area contributed by atoms with Gasteiger partial charge in [-0.05, 0) is 26.2 Å². The molecule has 19 heavy (non-hydrogen) atoms. The molecule has 0 spiro atoms. The van der Waals surface area contributed by atoms with Crippen LogP contribution in [0.1, 0.15) is 12.0 Å². The van der Waals surface area contributed by atoms with Crippen LogP contribution in [-0.4, -0.2) is 43.0 Å². The highest BCUT2D eigenvalue weighted by atomic mass is 32.2. The molecule has 0 aromatic heterocycles. The predicted octanol–water partition coefficient (Wildman–Crippen LogP) is 2.18. The predicted molar refractivity (Wildman–Crippen MR) is 80.3 cm³/mol. The quantitative estimate of drug-likeness (QED) is 0.776. The number of carbonyl (C=O) groups is 1. The molecule has 1 aromatic rings. The maximum absolute atomic E-state index is 11.7. The van der Waals surface area contributed by atoms with Crippen molar-refractivity contribution in [2.75, 3.05) is 37.5 Å². The summed E-state index contributed by atoms with van der Waals surface area (Å²) in [5, 5.41) is 11.7. The van der Waals surface area contributed by atoms with Gasteiger partial charge in [-0.2, -0.15) is 17.0 Å². The number of nitriles is 1. The van der Waals surface area contributed by atoms with E-state index in [2.05, 4.69) is 16.3 Å². The summed E-state index contributed by atoms with van der Waals surface area (Å²) < 4.78 is 0. The molecule has 102 valence electrons. The zero-order chi connectivity index (χ0) is 14.1. The van der Waals surface area contributed by atoms with E-state index in [0.717, 1.165) is 18.1 Å². The molecule has 0 heterocycles. The summed E-state index contributed by atoms with van der Waals surface area (Å²) in [5.74, 6) is 1.78. The van der Waals surface area contributed by atoms with Crippen molar-refractivity contribution >= 4 is 23.4 Å². The van der Waals surface area contributed by atoms with Crippen molar-refractivity contribution in [3.63, 3.8) is 0 Å². The van der Waals surface area contributed by atoms with Crippen LogP contribution in [0, 0.1) is 11.3 Å². The summed E-state index contributed by atoms with van der Waals surface area (Å²) in [7, 11) is 4.07. The number of anilines is 1. The average molecular weight is 277 g/mol. The Morgan fingerprint density at radius 2 is 2.11 bits per heavy atom. The molecule has 0 aliphatic heterocycles. The first-order chi connectivity index (χ1) is 9.13. The lowest BCUT2D eigenvalue weighted by Crippen LogP contribution is -2.16. The number of rotatable bonds is 7. The van der Waals surface area contributed by atoms with Crippen LogP contribution in [-0.2, 0) is 4.79 Å². The van der Waals surface area contributed by atoms with Gasteiger partial charge >= 0.3 is 0 Å². The zero-order valence-corrected chi connectivity index (χ0v) is 12.2. The monoisotopic (exact) mass is 277 g/mol. The largest absolute Gasteiger partial charge is 0.325 e. The van der Waals surface area contributed by atoms with Gasteiger partial charge in [0.2, 0.25) is 5.91 Å². The van der Waals surface area contributed by atoms with Gasteiger partial charge in [-0.15, -0.1) is 0 Å². The average Bonchev–Trinajstić information content (AvgIpc) is 2.38. The number of para-hydroxylation sites is 1. The van der Waals surface area contributed by atoms with Crippen molar-refractivity contribution in [3.05, 3.63) is 29.8 Å². The fourth-order valence-corrected chi connectivity index (χ4v) is 2.44. The second kappa shape index (κ2) is 8.57. The molecule has 0 saturated carbocycles. The van der Waals surface area contributed by atoms with Gasteiger partial charge in [0.05, 0.1) is 11.3 Å². The topological polar surface area (TPSA) is 56.1 Å². The maximum Gasteiger partial charge on any atom is 0.225 e. The molecular formula is C14H19N3OS. The van der Waals surface area contributed by atoms with Crippen LogP contribution in [0.3, 0.4) is 0 Å². The summed E-state index contributed by atoms with van der Waals surface area (Å²) in [5.41, 5.74) is 1.09. The SMILES string of the molecule is CN(C)CCSCCC(=O)Nc1ccccc1C#N. The van der Waals surface area contributed by atoms with Crippen LogP contribution in [0.4, 0.5) is 5.69 Å². The van der Waals surface area contributed by atoms with E-state index >= 15 is 0 Å². The molecular weight excluding hydrogens is 258 g/mol. The Balaban J connectivity index is 2.30. The minimum Gasteiger partial charge on any atom is -0.325 e. The van der Waals surface area contributed by atoms with Crippen molar-refractivity contribution in [1.29, 1.82) is 5.26 Å². The van der Waals surface area contributed by atoms with Gasteiger partial charge < -0.3 is 10.2 Å². The molecule has 0 aliphatic rings. The molecule has 5 heteroatoms. The molecule has 0 fully saturated rings. The number of thioether (sulfide) groups is 1. The normalized spacial score (nSPS) is 10.2. The van der Waals surface area contributed by atoms with E-state index in [4.69, 9.17) is 5.26 Å². The lowest BCUT2D eigenvalue weighted by Gasteiger charge is -2.09. The fraction of sp³-hybridized carbons (Fsp3) is 0.429. The van der Waals surface area contributed by atoms with Crippen molar-refractivity contribution < 1.29 is 4.79 Å². The Hall–Kier alpha value is -1.51. The molecule has 0 bridgehead atoms. The highest BCUT2D eigenvalue weighted by molar-refractivity contribution is 7.99. The lowest BCUT2D eigenvalue weighted by molar-refractivity contribution is -0.115. The van der Waals surface area contributed by atoms with Crippen LogP contribution in [0.2, 0.25) is 0 Å². The number of carbonyl (C=O) groups excluding carboxylic acids is 1. The number of benzene rings is 1. The second-order valence-corrected chi connectivity index (χ2v) is 5.60. The van der Waals surface area contributed by atoms with Gasteiger partial charge in [-0.25, -0.2) is 0 Å². The Morgan fingerprint density at radius 3 is 2.79 bits per heavy atom. The first-order valence-corrected chi connectivity index (χ1v) is 7.30. The van der Waals surface area contributed by atoms with E-state index in [1.807, 2.05) is 20.2 Å². The van der Waals surface area contributed by atoms with Gasteiger partial charge in [0, 0.05) is 24.5 Å². The molecule has 0 saturated heterocycles. The van der Waals surface area contributed by atoms with Gasteiger partial charge in [-0.3, -0.25) is 4.79 Å². The van der Waals surface area contributed by atoms with Crippen LogP contribution in [0.15, 0.2) is 24.3 Å². The summed E-state index contributed by atoms with van der Waals surface area (Å²) in [4.78, 5) is 13.9. The third kappa shape index (κ3) is 6.27. The van der Waals surface area contributed by atoms with E-state index in [-0.39, 0.29) is 5.91 Å². The summed E-state index contributed by atoms with van der Waals surface area (Å²) in [6, 6.07) is 9.10. The van der Waals surface area contributed by atoms with Crippen LogP contribution in [0.5, 0.6) is 0 Å². The third-order valence-corrected chi connectivity index (χ3v) is 3.44. The molecule has 1 amide bonds. The minimum absolute atomic E-state index is 0.0416. The standard InChI is InChI=1S/C14H19N3OS/c1-17(2)8-10-19-9-7-14(18)16-13-6-4-3-5-12(13)11-15/h3-6H,7-10H2,1-2H3,(H,16,18). The minimum atomic E-state index is -0.0416. The van der Waals surface area contributed by atoms with E-state index < -0.39 is 0 Å². The second-order valence-electron chi connectivity index (χ2n) is 4.37. The zero-order valence-electron chi connectivity index (χ0n) is 11.3. The number of hydrogen-bond acceptors (Lipinski definition) is 4. The Kier molecular flexibility index (Phi) is 7.01. The Morgan fingerprint density at radius 1 is 1.37 bits per heavy atom. The van der Waals surface area contributed by atoms with E-state index in [1.54, 1.807) is 30.0 Å². The summed E-state index contributed by atoms with van der Waals surface area (Å²) in [6.45, 7) is 1.02. The molecule has 0 aliphatic carbocycles. The molecule has 1 N–H and O–H groups in total. The number of hydrogen-bond donors (Lipinski definition) is 1. The fourth-order valence-electron chi connectivity index (χ4n) is 1.42. The van der Waals surface area contributed by atoms with Crippen molar-refractivity contribution in [2.45, 2.75) is 6.42 Å². The smallest absolute Gasteiger partial charge is 0.225 e. The van der Waals surface area contributed by atoms with Gasteiger partial charge in [0.15, 0.2) is 0 Å². The Labute approximate surface area is 118 Å². The van der Waals surface area contributed by atoms with E-state index in [1.165, 1.54) is 0 Å². The highest BCUT2D eigenvalue weighted by Crippen LogP contribution is 2.14. The molecule has 1 rings (SSSR count).